The summed E-state index contributed by atoms with van der Waals surface area (Å²) in [6, 6.07) is 6.70. The first-order valence-corrected chi connectivity index (χ1v) is 8.11. The van der Waals surface area contributed by atoms with Gasteiger partial charge in [-0.2, -0.15) is 0 Å². The van der Waals surface area contributed by atoms with Crippen LogP contribution in [0, 0.1) is 0 Å². The molecule has 1 aromatic heterocycles. The third kappa shape index (κ3) is 3.51. The highest BCUT2D eigenvalue weighted by molar-refractivity contribution is 7.15. The summed E-state index contributed by atoms with van der Waals surface area (Å²) in [7, 11) is 0. The van der Waals surface area contributed by atoms with Gasteiger partial charge < -0.3 is 14.9 Å². The Labute approximate surface area is 140 Å². The zero-order chi connectivity index (χ0) is 16.4. The molecule has 7 nitrogen and oxygen atoms in total. The Kier molecular flexibility index (Phi) is 4.88. The van der Waals surface area contributed by atoms with Crippen molar-refractivity contribution in [3.63, 3.8) is 0 Å². The average molecular weight is 356 g/mol. The van der Waals surface area contributed by atoms with E-state index in [1.54, 1.807) is 24.3 Å². The molecule has 1 saturated heterocycles. The third-order valence-electron chi connectivity index (χ3n) is 3.46. The number of ether oxygens (including phenoxy) is 1. The number of aliphatic hydroxyl groups excluding tert-OH is 2. The summed E-state index contributed by atoms with van der Waals surface area (Å²) in [6.07, 6.45) is -1.47. The number of benzene rings is 1. The molecular weight excluding hydrogens is 342 g/mol. The van der Waals surface area contributed by atoms with Gasteiger partial charge in [-0.15, -0.1) is 10.2 Å². The summed E-state index contributed by atoms with van der Waals surface area (Å²) in [5.41, 5.74) is 0.346. The lowest BCUT2D eigenvalue weighted by Gasteiger charge is -2.09. The van der Waals surface area contributed by atoms with Gasteiger partial charge in [0.25, 0.3) is 5.91 Å². The van der Waals surface area contributed by atoms with E-state index in [1.165, 1.54) is 0 Å². The second kappa shape index (κ2) is 6.90. The van der Waals surface area contributed by atoms with Crippen molar-refractivity contribution in [2.75, 3.05) is 11.9 Å². The van der Waals surface area contributed by atoms with Crippen molar-refractivity contribution in [3.8, 4) is 0 Å². The molecule has 23 heavy (non-hydrogen) atoms. The van der Waals surface area contributed by atoms with Gasteiger partial charge >= 0.3 is 0 Å². The van der Waals surface area contributed by atoms with E-state index in [9.17, 15) is 9.90 Å². The van der Waals surface area contributed by atoms with E-state index in [2.05, 4.69) is 15.5 Å². The maximum atomic E-state index is 12.2. The van der Waals surface area contributed by atoms with Crippen molar-refractivity contribution >= 4 is 34.0 Å². The lowest BCUT2D eigenvalue weighted by molar-refractivity contribution is -0.0227. The minimum atomic E-state index is -0.741. The number of hydrogen-bond acceptors (Lipinski definition) is 7. The Bertz CT molecular complexity index is 711. The van der Waals surface area contributed by atoms with Crippen LogP contribution in [0.3, 0.4) is 0 Å². The molecule has 0 unspecified atom stereocenters. The second-order valence-corrected chi connectivity index (χ2v) is 6.44. The van der Waals surface area contributed by atoms with Crippen LogP contribution in [-0.4, -0.2) is 45.1 Å². The van der Waals surface area contributed by atoms with Crippen LogP contribution < -0.4 is 5.32 Å². The van der Waals surface area contributed by atoms with Crippen LogP contribution >= 0.6 is 22.9 Å². The largest absolute Gasteiger partial charge is 0.394 e. The van der Waals surface area contributed by atoms with Gasteiger partial charge in [0, 0.05) is 6.42 Å². The molecule has 3 atom stereocenters. The molecule has 3 rings (SSSR count). The van der Waals surface area contributed by atoms with Gasteiger partial charge in [0.1, 0.15) is 17.2 Å². The van der Waals surface area contributed by atoms with Gasteiger partial charge in [-0.25, -0.2) is 0 Å². The summed E-state index contributed by atoms with van der Waals surface area (Å²) < 4.78 is 5.51. The number of nitrogens with one attached hydrogen (secondary N) is 1. The smallest absolute Gasteiger partial charge is 0.259 e. The molecule has 122 valence electrons. The molecule has 1 fully saturated rings. The average Bonchev–Trinajstić information content (AvgIpc) is 3.14. The fourth-order valence-electron chi connectivity index (χ4n) is 2.28. The Hall–Kier alpha value is -1.58. The van der Waals surface area contributed by atoms with Gasteiger partial charge in [0.15, 0.2) is 0 Å². The number of nitrogens with zero attached hydrogens (tertiary/aromatic N) is 2. The first kappa shape index (κ1) is 16.3. The van der Waals surface area contributed by atoms with Crippen LogP contribution in [0.25, 0.3) is 0 Å². The van der Waals surface area contributed by atoms with Crippen LogP contribution in [0.4, 0.5) is 5.13 Å². The first-order chi connectivity index (χ1) is 11.1. The quantitative estimate of drug-likeness (QED) is 0.770. The van der Waals surface area contributed by atoms with Gasteiger partial charge in [-0.1, -0.05) is 35.1 Å². The molecule has 2 aromatic rings. The van der Waals surface area contributed by atoms with E-state index in [-0.39, 0.29) is 12.5 Å². The molecule has 9 heteroatoms. The number of amides is 1. The molecule has 1 amide bonds. The monoisotopic (exact) mass is 355 g/mol. The molecule has 0 aliphatic carbocycles. The molecule has 1 aliphatic rings. The summed E-state index contributed by atoms with van der Waals surface area (Å²) in [5, 5.41) is 30.5. The first-order valence-electron chi connectivity index (χ1n) is 6.92. The Balaban J connectivity index is 1.68. The van der Waals surface area contributed by atoms with Gasteiger partial charge in [0.05, 0.1) is 23.3 Å². The summed E-state index contributed by atoms with van der Waals surface area (Å²) in [5.74, 6) is -0.376. The van der Waals surface area contributed by atoms with E-state index in [0.717, 1.165) is 11.3 Å². The zero-order valence-corrected chi connectivity index (χ0v) is 13.4. The standard InChI is InChI=1S/C14H14ClN3O4S/c15-8-4-2-1-3-7(8)12(21)16-14-18-17-13(23-14)10-5-9(20)11(6-19)22-10/h1-4,9-11,19-20H,5-6H2,(H,16,18,21)/t9-,10-,11+/m0/s1. The number of rotatable bonds is 4. The predicted octanol–water partition coefficient (Wildman–Crippen LogP) is 1.63. The molecule has 0 saturated carbocycles. The maximum absolute atomic E-state index is 12.2. The molecule has 0 bridgehead atoms. The fraction of sp³-hybridized carbons (Fsp3) is 0.357. The minimum Gasteiger partial charge on any atom is -0.394 e. The number of carbonyl (C=O) groups is 1. The van der Waals surface area contributed by atoms with E-state index >= 15 is 0 Å². The van der Waals surface area contributed by atoms with Crippen molar-refractivity contribution < 1.29 is 19.7 Å². The van der Waals surface area contributed by atoms with Crippen LogP contribution in [0.5, 0.6) is 0 Å². The molecule has 1 aliphatic heterocycles. The Morgan fingerprint density at radius 3 is 2.91 bits per heavy atom. The van der Waals surface area contributed by atoms with E-state index < -0.39 is 18.3 Å². The lowest BCUT2D eigenvalue weighted by atomic mass is 10.1. The third-order valence-corrected chi connectivity index (χ3v) is 4.72. The highest BCUT2D eigenvalue weighted by Gasteiger charge is 2.36. The van der Waals surface area contributed by atoms with E-state index in [0.29, 0.717) is 27.1 Å². The summed E-state index contributed by atoms with van der Waals surface area (Å²) in [4.78, 5) is 12.2. The maximum Gasteiger partial charge on any atom is 0.259 e. The number of halogens is 1. The topological polar surface area (TPSA) is 105 Å². The van der Waals surface area contributed by atoms with Gasteiger partial charge in [-0.05, 0) is 12.1 Å². The van der Waals surface area contributed by atoms with E-state index in [1.807, 2.05) is 0 Å². The van der Waals surface area contributed by atoms with Crippen molar-refractivity contribution in [2.24, 2.45) is 0 Å². The molecule has 2 heterocycles. The van der Waals surface area contributed by atoms with Crippen LogP contribution in [-0.2, 0) is 4.74 Å². The number of aliphatic hydroxyl groups is 2. The van der Waals surface area contributed by atoms with Crippen LogP contribution in [0.15, 0.2) is 24.3 Å². The number of carbonyl (C=O) groups excluding carboxylic acids is 1. The van der Waals surface area contributed by atoms with Crippen LogP contribution in [0.2, 0.25) is 5.02 Å². The fourth-order valence-corrected chi connectivity index (χ4v) is 3.29. The van der Waals surface area contributed by atoms with Crippen molar-refractivity contribution in [1.82, 2.24) is 10.2 Å². The van der Waals surface area contributed by atoms with Gasteiger partial charge in [0.2, 0.25) is 5.13 Å². The second-order valence-electron chi connectivity index (χ2n) is 5.03. The molecule has 0 spiro atoms. The zero-order valence-electron chi connectivity index (χ0n) is 11.8. The molecule has 3 N–H and O–H groups in total. The SMILES string of the molecule is O=C(Nc1nnc([C@@H]2C[C@H](O)[C@@H](CO)O2)s1)c1ccccc1Cl. The number of hydrogen-bond donors (Lipinski definition) is 3. The summed E-state index contributed by atoms with van der Waals surface area (Å²) in [6.45, 7) is -0.257. The molecular formula is C14H14ClN3O4S. The predicted molar refractivity (Wildman–Crippen MR) is 84.6 cm³/mol. The Morgan fingerprint density at radius 2 is 2.22 bits per heavy atom. The number of anilines is 1. The van der Waals surface area contributed by atoms with Gasteiger partial charge in [-0.3, -0.25) is 10.1 Å². The van der Waals surface area contributed by atoms with Crippen molar-refractivity contribution in [1.29, 1.82) is 0 Å². The summed E-state index contributed by atoms with van der Waals surface area (Å²) >= 11 is 7.14. The normalized spacial score (nSPS) is 23.9. The van der Waals surface area contributed by atoms with Crippen molar-refractivity contribution in [3.05, 3.63) is 39.9 Å². The lowest BCUT2D eigenvalue weighted by Crippen LogP contribution is -2.24. The molecule has 1 aromatic carbocycles. The van der Waals surface area contributed by atoms with Crippen molar-refractivity contribution in [2.45, 2.75) is 24.7 Å². The highest BCUT2D eigenvalue weighted by atomic mass is 35.5. The Morgan fingerprint density at radius 1 is 1.43 bits per heavy atom. The highest BCUT2D eigenvalue weighted by Crippen LogP contribution is 2.35. The molecule has 0 radical (unpaired) electrons. The van der Waals surface area contributed by atoms with E-state index in [4.69, 9.17) is 21.4 Å². The van der Waals surface area contributed by atoms with Crippen LogP contribution in [0.1, 0.15) is 27.9 Å². The minimum absolute atomic E-state index is 0.257. The number of aromatic nitrogens is 2.